The van der Waals surface area contributed by atoms with Gasteiger partial charge in [-0.3, -0.25) is 18.3 Å². The van der Waals surface area contributed by atoms with Crippen molar-refractivity contribution in [2.45, 2.75) is 46.1 Å². The van der Waals surface area contributed by atoms with E-state index >= 15 is 0 Å². The molecular weight excluding hydrogens is 378 g/mol. The van der Waals surface area contributed by atoms with Crippen LogP contribution < -0.4 is 11.2 Å². The van der Waals surface area contributed by atoms with E-state index in [2.05, 4.69) is 30.5 Å². The first-order valence-corrected chi connectivity index (χ1v) is 10.7. The summed E-state index contributed by atoms with van der Waals surface area (Å²) < 4.78 is 6.66. The molecule has 0 N–H and O–H groups in total. The Balaban J connectivity index is 2.00. The molecule has 0 aliphatic heterocycles. The summed E-state index contributed by atoms with van der Waals surface area (Å²) >= 11 is 0. The van der Waals surface area contributed by atoms with Crippen LogP contribution in [0.25, 0.3) is 28.2 Å². The van der Waals surface area contributed by atoms with E-state index in [1.165, 1.54) is 24.5 Å². The molecule has 4 rings (SSSR count). The predicted octanol–water partition coefficient (Wildman–Crippen LogP) is 3.57. The molecule has 4 aromatic rings. The van der Waals surface area contributed by atoms with Crippen molar-refractivity contribution >= 4 is 16.9 Å². The molecule has 7 heteroatoms. The lowest BCUT2D eigenvalue weighted by Gasteiger charge is -2.17. The van der Waals surface area contributed by atoms with E-state index in [1.807, 2.05) is 28.8 Å². The molecule has 0 saturated carbocycles. The van der Waals surface area contributed by atoms with Gasteiger partial charge in [-0.1, -0.05) is 63.4 Å². The van der Waals surface area contributed by atoms with E-state index < -0.39 is 0 Å². The van der Waals surface area contributed by atoms with Gasteiger partial charge < -0.3 is 4.57 Å². The zero-order chi connectivity index (χ0) is 21.4. The average Bonchev–Trinajstić information content (AvgIpc) is 3.31. The molecule has 0 bridgehead atoms. The van der Waals surface area contributed by atoms with Crippen LogP contribution in [0.5, 0.6) is 0 Å². The van der Waals surface area contributed by atoms with Gasteiger partial charge >= 0.3 is 5.69 Å². The van der Waals surface area contributed by atoms with E-state index in [1.54, 1.807) is 7.05 Å². The van der Waals surface area contributed by atoms with Crippen molar-refractivity contribution in [3.8, 4) is 11.3 Å². The highest BCUT2D eigenvalue weighted by atomic mass is 16.2. The smallest absolute Gasteiger partial charge is 0.309 e. The molecule has 3 heterocycles. The fourth-order valence-corrected chi connectivity index (χ4v) is 4.21. The number of aryl methyl sites for hydroxylation is 1. The Bertz CT molecular complexity index is 1310. The molecule has 0 radical (unpaired) electrons. The second kappa shape index (κ2) is 7.97. The molecule has 158 valence electrons. The molecule has 0 aliphatic rings. The highest BCUT2D eigenvalue weighted by Crippen LogP contribution is 2.28. The largest absolute Gasteiger partial charge is 0.332 e. The van der Waals surface area contributed by atoms with Crippen LogP contribution >= 0.6 is 0 Å². The Kier molecular flexibility index (Phi) is 5.37. The maximum Gasteiger partial charge on any atom is 0.332 e. The normalized spacial score (nSPS) is 12.8. The number of benzene rings is 1. The summed E-state index contributed by atoms with van der Waals surface area (Å²) in [6.07, 6.45) is 6.60. The van der Waals surface area contributed by atoms with Crippen molar-refractivity contribution in [3.63, 3.8) is 0 Å². The van der Waals surface area contributed by atoms with Crippen LogP contribution in [0.15, 0.2) is 46.1 Å². The molecule has 1 aromatic carbocycles. The molecule has 0 amide bonds. The summed E-state index contributed by atoms with van der Waals surface area (Å²) in [5.41, 5.74) is 2.29. The third-order valence-electron chi connectivity index (χ3n) is 6.11. The topological polar surface area (TPSA) is 66.2 Å². The number of imidazole rings is 2. The Labute approximate surface area is 175 Å². The van der Waals surface area contributed by atoms with Gasteiger partial charge in [0.1, 0.15) is 0 Å². The van der Waals surface area contributed by atoms with Crippen LogP contribution in [-0.2, 0) is 20.6 Å². The lowest BCUT2D eigenvalue weighted by molar-refractivity contribution is 0.396. The second-order valence-corrected chi connectivity index (χ2v) is 8.07. The van der Waals surface area contributed by atoms with Crippen molar-refractivity contribution in [3.05, 3.63) is 57.4 Å². The number of nitrogens with zero attached hydrogens (tertiary/aromatic N) is 5. The minimum atomic E-state index is -0.363. The van der Waals surface area contributed by atoms with Crippen LogP contribution in [0.1, 0.15) is 39.5 Å². The average molecular weight is 408 g/mol. The van der Waals surface area contributed by atoms with Gasteiger partial charge in [0.2, 0.25) is 5.78 Å². The van der Waals surface area contributed by atoms with Crippen molar-refractivity contribution in [1.29, 1.82) is 0 Å². The lowest BCUT2D eigenvalue weighted by atomic mass is 9.99. The summed E-state index contributed by atoms with van der Waals surface area (Å²) in [4.78, 5) is 30.1. The second-order valence-electron chi connectivity index (χ2n) is 8.07. The first kappa shape index (κ1) is 20.2. The summed E-state index contributed by atoms with van der Waals surface area (Å²) in [7, 11) is 3.17. The fraction of sp³-hybridized carbons (Fsp3) is 0.435. The van der Waals surface area contributed by atoms with Gasteiger partial charge in [-0.15, -0.1) is 0 Å². The van der Waals surface area contributed by atoms with Gasteiger partial charge in [-0.05, 0) is 17.9 Å². The van der Waals surface area contributed by atoms with E-state index in [0.717, 1.165) is 35.2 Å². The molecule has 0 spiro atoms. The summed E-state index contributed by atoms with van der Waals surface area (Å²) in [5, 5.41) is 0. The van der Waals surface area contributed by atoms with Crippen molar-refractivity contribution in [2.75, 3.05) is 0 Å². The lowest BCUT2D eigenvalue weighted by Crippen LogP contribution is -2.37. The number of unbranched alkanes of at least 4 members (excludes halogenated alkanes) is 1. The van der Waals surface area contributed by atoms with E-state index in [4.69, 9.17) is 4.98 Å². The molecule has 7 nitrogen and oxygen atoms in total. The van der Waals surface area contributed by atoms with Gasteiger partial charge in [-0.2, -0.15) is 4.98 Å². The summed E-state index contributed by atoms with van der Waals surface area (Å²) in [5.74, 6) is 1.23. The SMILES string of the molecule is CCCC[C@H](CC)Cn1c(-c2ccccc2)cn2c3c(=O)n(C)c(=O)n(C)c3nc12. The molecule has 0 saturated heterocycles. The molecule has 1 atom stereocenters. The minimum Gasteiger partial charge on any atom is -0.309 e. The molecule has 0 fully saturated rings. The summed E-state index contributed by atoms with van der Waals surface area (Å²) in [6, 6.07) is 10.2. The Morgan fingerprint density at radius 3 is 2.43 bits per heavy atom. The highest BCUT2D eigenvalue weighted by Gasteiger charge is 2.22. The minimum absolute atomic E-state index is 0.324. The van der Waals surface area contributed by atoms with Crippen molar-refractivity contribution < 1.29 is 0 Å². The van der Waals surface area contributed by atoms with E-state index in [9.17, 15) is 9.59 Å². The number of hydrogen-bond acceptors (Lipinski definition) is 3. The van der Waals surface area contributed by atoms with Crippen LogP contribution in [0, 0.1) is 5.92 Å². The Hall–Kier alpha value is -3.09. The third-order valence-corrected chi connectivity index (χ3v) is 6.11. The zero-order valence-electron chi connectivity index (χ0n) is 18.1. The standard InChI is InChI=1S/C23H29N5O2/c1-5-7-11-16(6-2)14-27-18(17-12-9-8-10-13-17)15-28-19-20(24-22(27)28)25(3)23(30)26(4)21(19)29/h8-10,12-13,15-16H,5-7,11,14H2,1-4H3/t16-/m0/s1. The van der Waals surface area contributed by atoms with Crippen LogP contribution in [-0.4, -0.2) is 23.1 Å². The van der Waals surface area contributed by atoms with Crippen molar-refractivity contribution in [1.82, 2.24) is 23.1 Å². The molecule has 0 unspecified atom stereocenters. The van der Waals surface area contributed by atoms with Gasteiger partial charge in [-0.25, -0.2) is 4.79 Å². The van der Waals surface area contributed by atoms with Gasteiger partial charge in [0.15, 0.2) is 11.2 Å². The molecule has 3 aromatic heterocycles. The van der Waals surface area contributed by atoms with Gasteiger partial charge in [0.05, 0.1) is 5.69 Å². The monoisotopic (exact) mass is 407 g/mol. The first-order chi connectivity index (χ1) is 14.5. The van der Waals surface area contributed by atoms with Gasteiger partial charge in [0.25, 0.3) is 5.56 Å². The number of fused-ring (bicyclic) bond motifs is 3. The van der Waals surface area contributed by atoms with Crippen molar-refractivity contribution in [2.24, 2.45) is 20.0 Å². The first-order valence-electron chi connectivity index (χ1n) is 10.7. The Morgan fingerprint density at radius 1 is 1.03 bits per heavy atom. The maximum absolute atomic E-state index is 12.9. The highest BCUT2D eigenvalue weighted by molar-refractivity contribution is 5.78. The molecular formula is C23H29N5O2. The quantitative estimate of drug-likeness (QED) is 0.470. The maximum atomic E-state index is 12.9. The van der Waals surface area contributed by atoms with E-state index in [-0.39, 0.29) is 11.2 Å². The van der Waals surface area contributed by atoms with Gasteiger partial charge in [0, 0.05) is 26.8 Å². The third kappa shape index (κ3) is 3.18. The van der Waals surface area contributed by atoms with Crippen LogP contribution in [0.2, 0.25) is 0 Å². The van der Waals surface area contributed by atoms with Crippen LogP contribution in [0.3, 0.4) is 0 Å². The number of hydrogen-bond donors (Lipinski definition) is 0. The van der Waals surface area contributed by atoms with E-state index in [0.29, 0.717) is 22.9 Å². The molecule has 0 aliphatic carbocycles. The molecule has 30 heavy (non-hydrogen) atoms. The van der Waals surface area contributed by atoms with Crippen LogP contribution in [0.4, 0.5) is 0 Å². The zero-order valence-corrected chi connectivity index (χ0v) is 18.1. The number of rotatable bonds is 7. The summed E-state index contributed by atoms with van der Waals surface area (Å²) in [6.45, 7) is 5.27. The predicted molar refractivity (Wildman–Crippen MR) is 120 cm³/mol. The number of aromatic nitrogens is 5. The fourth-order valence-electron chi connectivity index (χ4n) is 4.21. The Morgan fingerprint density at radius 2 is 1.77 bits per heavy atom.